The second-order valence-corrected chi connectivity index (χ2v) is 6.30. The van der Waals surface area contributed by atoms with Crippen molar-refractivity contribution < 1.29 is 19.2 Å². The van der Waals surface area contributed by atoms with Crippen molar-refractivity contribution in [3.63, 3.8) is 0 Å². The van der Waals surface area contributed by atoms with Crippen LogP contribution in [0.15, 0.2) is 59.6 Å². The van der Waals surface area contributed by atoms with Gasteiger partial charge in [-0.05, 0) is 23.8 Å². The molecule has 0 heterocycles. The Morgan fingerprint density at radius 2 is 1.40 bits per heavy atom. The third kappa shape index (κ3) is 2.94. The summed E-state index contributed by atoms with van der Waals surface area (Å²) in [5.41, 5.74) is -1.11. The van der Waals surface area contributed by atoms with Crippen LogP contribution in [0.4, 0.5) is 27.1 Å². The molecular formula is C19H9FN4O6. The number of hydrogen-bond donors (Lipinski definition) is 0. The van der Waals surface area contributed by atoms with Gasteiger partial charge in [-0.15, -0.1) is 0 Å². The number of fused-ring (bicyclic) bond motifs is 3. The van der Waals surface area contributed by atoms with E-state index in [4.69, 9.17) is 0 Å². The summed E-state index contributed by atoms with van der Waals surface area (Å²) in [6.45, 7) is 0. The zero-order valence-corrected chi connectivity index (χ0v) is 14.8. The number of benzene rings is 3. The van der Waals surface area contributed by atoms with Gasteiger partial charge in [-0.2, -0.15) is 0 Å². The quantitative estimate of drug-likeness (QED) is 0.354. The number of para-hydroxylation sites is 1. The van der Waals surface area contributed by atoms with E-state index in [1.165, 1.54) is 30.3 Å². The average Bonchev–Trinajstić information content (AvgIpc) is 3.01. The minimum absolute atomic E-state index is 0.0228. The first kappa shape index (κ1) is 18.8. The molecule has 11 heteroatoms. The molecule has 30 heavy (non-hydrogen) atoms. The van der Waals surface area contributed by atoms with E-state index in [-0.39, 0.29) is 39.3 Å². The molecule has 148 valence electrons. The Morgan fingerprint density at radius 1 is 0.733 bits per heavy atom. The first-order valence-corrected chi connectivity index (χ1v) is 8.37. The van der Waals surface area contributed by atoms with E-state index < -0.39 is 32.0 Å². The van der Waals surface area contributed by atoms with Crippen molar-refractivity contribution in [3.8, 4) is 11.1 Å². The van der Waals surface area contributed by atoms with Crippen LogP contribution in [0.5, 0.6) is 0 Å². The van der Waals surface area contributed by atoms with Crippen molar-refractivity contribution >= 4 is 28.5 Å². The van der Waals surface area contributed by atoms with Crippen LogP contribution in [-0.4, -0.2) is 20.5 Å². The Kier molecular flexibility index (Phi) is 4.27. The maximum atomic E-state index is 14.2. The third-order valence-corrected chi connectivity index (χ3v) is 4.59. The number of nitro groups is 3. The van der Waals surface area contributed by atoms with Gasteiger partial charge in [0.2, 0.25) is 0 Å². The minimum atomic E-state index is -0.792. The van der Waals surface area contributed by atoms with Crippen LogP contribution in [0.1, 0.15) is 11.1 Å². The monoisotopic (exact) mass is 408 g/mol. The highest BCUT2D eigenvalue weighted by molar-refractivity contribution is 6.27. The van der Waals surface area contributed by atoms with Gasteiger partial charge < -0.3 is 0 Å². The molecule has 0 spiro atoms. The smallest absolute Gasteiger partial charge is 0.258 e. The van der Waals surface area contributed by atoms with Crippen LogP contribution in [0.3, 0.4) is 0 Å². The summed E-state index contributed by atoms with van der Waals surface area (Å²) in [4.78, 5) is 36.1. The van der Waals surface area contributed by atoms with Gasteiger partial charge in [-0.3, -0.25) is 30.3 Å². The van der Waals surface area contributed by atoms with Crippen LogP contribution >= 0.6 is 0 Å². The number of rotatable bonds is 4. The summed E-state index contributed by atoms with van der Waals surface area (Å²) in [6, 6.07) is 11.0. The number of nitro benzene ring substituents is 3. The van der Waals surface area contributed by atoms with E-state index >= 15 is 0 Å². The molecule has 1 aliphatic carbocycles. The maximum Gasteiger partial charge on any atom is 0.284 e. The minimum Gasteiger partial charge on any atom is -0.258 e. The number of halogens is 1. The van der Waals surface area contributed by atoms with Crippen LogP contribution in [-0.2, 0) is 0 Å². The maximum absolute atomic E-state index is 14.2. The van der Waals surface area contributed by atoms with Crippen LogP contribution in [0.25, 0.3) is 11.1 Å². The number of aliphatic imine (C=N–C) groups is 1. The molecule has 10 nitrogen and oxygen atoms in total. The Labute approximate surface area is 166 Å². The molecule has 0 saturated heterocycles. The topological polar surface area (TPSA) is 142 Å². The lowest BCUT2D eigenvalue weighted by atomic mass is 10.0. The summed E-state index contributed by atoms with van der Waals surface area (Å²) in [6.07, 6.45) is 0. The van der Waals surface area contributed by atoms with Gasteiger partial charge in [0.1, 0.15) is 5.82 Å². The summed E-state index contributed by atoms with van der Waals surface area (Å²) in [5, 5.41) is 34.1. The lowest BCUT2D eigenvalue weighted by Gasteiger charge is -2.04. The van der Waals surface area contributed by atoms with E-state index in [2.05, 4.69) is 4.99 Å². The average molecular weight is 408 g/mol. The van der Waals surface area contributed by atoms with Crippen molar-refractivity contribution in [2.45, 2.75) is 0 Å². The molecule has 0 bridgehead atoms. The summed E-state index contributed by atoms with van der Waals surface area (Å²) in [5.74, 6) is -0.689. The van der Waals surface area contributed by atoms with Gasteiger partial charge in [-0.1, -0.05) is 12.1 Å². The number of nitrogens with zero attached hydrogens (tertiary/aromatic N) is 4. The second-order valence-electron chi connectivity index (χ2n) is 6.30. The van der Waals surface area contributed by atoms with Crippen LogP contribution < -0.4 is 0 Å². The van der Waals surface area contributed by atoms with Crippen LogP contribution in [0, 0.1) is 36.2 Å². The van der Waals surface area contributed by atoms with Gasteiger partial charge in [0.05, 0.1) is 37.8 Å². The third-order valence-electron chi connectivity index (χ3n) is 4.59. The highest BCUT2D eigenvalue weighted by atomic mass is 19.1. The van der Waals surface area contributed by atoms with E-state index in [0.717, 1.165) is 24.3 Å². The van der Waals surface area contributed by atoms with Crippen LogP contribution in [0.2, 0.25) is 0 Å². The molecule has 0 fully saturated rings. The van der Waals surface area contributed by atoms with Crippen molar-refractivity contribution in [1.82, 2.24) is 0 Å². The van der Waals surface area contributed by atoms with Crippen molar-refractivity contribution in [3.05, 3.63) is 102 Å². The molecule has 4 rings (SSSR count). The Balaban J connectivity index is 2.11. The van der Waals surface area contributed by atoms with Gasteiger partial charge in [-0.25, -0.2) is 9.38 Å². The Bertz CT molecular complexity index is 1300. The normalized spacial score (nSPS) is 13.0. The molecule has 1 aliphatic rings. The molecule has 0 aliphatic heterocycles. The fourth-order valence-electron chi connectivity index (χ4n) is 3.32. The highest BCUT2D eigenvalue weighted by Gasteiger charge is 2.36. The van der Waals surface area contributed by atoms with E-state index in [0.29, 0.717) is 0 Å². The molecule has 3 aromatic rings. The molecular weight excluding hydrogens is 399 g/mol. The number of hydrogen-bond acceptors (Lipinski definition) is 7. The molecule has 0 N–H and O–H groups in total. The standard InChI is InChI=1S/C19H9FN4O6/c20-15-3-1-2-4-16(15)21-19-13-7-10(22(25)26)5-6-12(13)18-14(19)8-11(23(27)28)9-17(18)24(29)30/h1-9H. The van der Waals surface area contributed by atoms with Crippen molar-refractivity contribution in [2.24, 2.45) is 4.99 Å². The molecule has 0 aromatic heterocycles. The van der Waals surface area contributed by atoms with E-state index in [1.807, 2.05) is 0 Å². The van der Waals surface area contributed by atoms with Gasteiger partial charge in [0, 0.05) is 29.3 Å². The molecule has 0 unspecified atom stereocenters. The zero-order chi connectivity index (χ0) is 21.6. The van der Waals surface area contributed by atoms with Crippen molar-refractivity contribution in [1.29, 1.82) is 0 Å². The van der Waals surface area contributed by atoms with Gasteiger partial charge >= 0.3 is 0 Å². The van der Waals surface area contributed by atoms with Gasteiger partial charge in [0.25, 0.3) is 17.1 Å². The number of non-ortho nitro benzene ring substituents is 2. The molecule has 0 atom stereocenters. The Hall–Kier alpha value is -4.54. The Morgan fingerprint density at radius 3 is 2.03 bits per heavy atom. The lowest BCUT2D eigenvalue weighted by Crippen LogP contribution is -2.02. The zero-order valence-electron chi connectivity index (χ0n) is 14.8. The summed E-state index contributed by atoms with van der Waals surface area (Å²) >= 11 is 0. The fourth-order valence-corrected chi connectivity index (χ4v) is 3.32. The highest BCUT2D eigenvalue weighted by Crippen LogP contribution is 2.46. The SMILES string of the molecule is O=[N+]([O-])c1ccc2c(c1)C(=Nc1ccccc1F)c1cc([N+](=O)[O-])cc([N+](=O)[O-])c1-2. The molecule has 0 radical (unpaired) electrons. The largest absolute Gasteiger partial charge is 0.284 e. The first-order valence-electron chi connectivity index (χ1n) is 8.37. The fraction of sp³-hybridized carbons (Fsp3) is 0. The lowest BCUT2D eigenvalue weighted by molar-refractivity contribution is -0.393. The molecule has 3 aromatic carbocycles. The molecule has 0 amide bonds. The van der Waals surface area contributed by atoms with E-state index in [9.17, 15) is 34.7 Å². The molecule has 0 saturated carbocycles. The van der Waals surface area contributed by atoms with Gasteiger partial charge in [0.15, 0.2) is 0 Å². The van der Waals surface area contributed by atoms with E-state index in [1.54, 1.807) is 0 Å². The predicted octanol–water partition coefficient (Wildman–Crippen LogP) is 4.70. The second kappa shape index (κ2) is 6.81. The summed E-state index contributed by atoms with van der Waals surface area (Å²) < 4.78 is 14.2. The first-order chi connectivity index (χ1) is 14.3. The summed E-state index contributed by atoms with van der Waals surface area (Å²) in [7, 11) is 0. The predicted molar refractivity (Wildman–Crippen MR) is 104 cm³/mol. The van der Waals surface area contributed by atoms with Crippen molar-refractivity contribution in [2.75, 3.05) is 0 Å².